The summed E-state index contributed by atoms with van der Waals surface area (Å²) in [5, 5.41) is 4.92. The van der Waals surface area contributed by atoms with Crippen LogP contribution >= 0.6 is 11.6 Å². The molecule has 1 aliphatic rings. The summed E-state index contributed by atoms with van der Waals surface area (Å²) in [6.45, 7) is 4.73. The van der Waals surface area contributed by atoms with E-state index in [1.54, 1.807) is 19.4 Å². The van der Waals surface area contributed by atoms with Crippen molar-refractivity contribution in [2.75, 3.05) is 56.7 Å². The van der Waals surface area contributed by atoms with E-state index in [9.17, 15) is 4.79 Å². The molecule has 1 fully saturated rings. The fourth-order valence-corrected chi connectivity index (χ4v) is 4.68. The summed E-state index contributed by atoms with van der Waals surface area (Å²) in [5.74, 6) is 0.515. The average molecular weight is 517 g/mol. The highest BCUT2D eigenvalue weighted by atomic mass is 35.5. The summed E-state index contributed by atoms with van der Waals surface area (Å²) < 4.78 is 10.9. The molecule has 0 amide bonds. The molecule has 1 saturated heterocycles. The van der Waals surface area contributed by atoms with Crippen LogP contribution in [0.3, 0.4) is 0 Å². The molecule has 1 N–H and O–H groups in total. The number of fused-ring (bicyclic) bond motifs is 1. The van der Waals surface area contributed by atoms with E-state index in [0.717, 1.165) is 48.5 Å². The lowest BCUT2D eigenvalue weighted by molar-refractivity contribution is 0.0460. The highest BCUT2D eigenvalue weighted by Crippen LogP contribution is 2.29. The van der Waals surface area contributed by atoms with E-state index in [1.807, 2.05) is 54.6 Å². The van der Waals surface area contributed by atoms with Gasteiger partial charge in [0.2, 0.25) is 0 Å². The normalized spacial score (nSPS) is 13.9. The first-order valence-corrected chi connectivity index (χ1v) is 12.7. The molecule has 0 bridgehead atoms. The van der Waals surface area contributed by atoms with Crippen LogP contribution in [0.5, 0.6) is 5.75 Å². The summed E-state index contributed by atoms with van der Waals surface area (Å²) >= 11 is 6.12. The van der Waals surface area contributed by atoms with E-state index in [4.69, 9.17) is 21.1 Å². The molecule has 0 atom stereocenters. The number of nitrogens with zero attached hydrogens (tertiary/aromatic N) is 3. The Labute approximate surface area is 221 Å². The number of hydrogen-bond acceptors (Lipinski definition) is 7. The van der Waals surface area contributed by atoms with Crippen molar-refractivity contribution in [1.82, 2.24) is 9.88 Å². The zero-order valence-electron chi connectivity index (χ0n) is 20.7. The Bertz CT molecular complexity index is 1370. The van der Waals surface area contributed by atoms with E-state index in [2.05, 4.69) is 32.2 Å². The Hall–Kier alpha value is -3.81. The van der Waals surface area contributed by atoms with Gasteiger partial charge in [0.05, 0.1) is 23.9 Å². The lowest BCUT2D eigenvalue weighted by Crippen LogP contribution is -2.47. The number of anilines is 3. The van der Waals surface area contributed by atoms with Gasteiger partial charge in [-0.1, -0.05) is 23.7 Å². The van der Waals surface area contributed by atoms with Crippen LogP contribution in [0.15, 0.2) is 79.0 Å². The van der Waals surface area contributed by atoms with E-state index in [0.29, 0.717) is 29.4 Å². The number of ether oxygens (including phenoxy) is 2. The molecule has 0 unspecified atom stereocenters. The topological polar surface area (TPSA) is 66.9 Å². The fourth-order valence-electron chi connectivity index (χ4n) is 4.51. The second-order valence-electron chi connectivity index (χ2n) is 8.85. The quantitative estimate of drug-likeness (QED) is 0.305. The minimum atomic E-state index is -0.346. The highest BCUT2D eigenvalue weighted by molar-refractivity contribution is 6.31. The van der Waals surface area contributed by atoms with Crippen molar-refractivity contribution in [1.29, 1.82) is 0 Å². The molecule has 1 aliphatic heterocycles. The summed E-state index contributed by atoms with van der Waals surface area (Å²) in [4.78, 5) is 22.0. The predicted molar refractivity (Wildman–Crippen MR) is 148 cm³/mol. The molecule has 2 heterocycles. The number of halogens is 1. The van der Waals surface area contributed by atoms with Gasteiger partial charge in [-0.2, -0.15) is 0 Å². The van der Waals surface area contributed by atoms with Gasteiger partial charge < -0.3 is 19.7 Å². The molecule has 0 spiro atoms. The largest absolute Gasteiger partial charge is 0.497 e. The number of carbonyl (C=O) groups is 1. The maximum absolute atomic E-state index is 13.0. The molecule has 0 saturated carbocycles. The Morgan fingerprint density at radius 2 is 1.76 bits per heavy atom. The lowest BCUT2D eigenvalue weighted by atomic mass is 10.1. The SMILES string of the molecule is COc1ccc(N2CCN(CCOC(=O)c3ccccc3Nc3ccnc4cc(Cl)ccc34)CC2)cc1. The molecular formula is C29H29ClN4O3. The molecule has 0 aliphatic carbocycles. The third-order valence-electron chi connectivity index (χ3n) is 6.57. The van der Waals surface area contributed by atoms with Crippen LogP contribution in [-0.4, -0.2) is 62.3 Å². The molecule has 8 heteroatoms. The Balaban J connectivity index is 1.15. The third-order valence-corrected chi connectivity index (χ3v) is 6.81. The van der Waals surface area contributed by atoms with Gasteiger partial charge in [0.25, 0.3) is 0 Å². The van der Waals surface area contributed by atoms with Gasteiger partial charge >= 0.3 is 5.97 Å². The van der Waals surface area contributed by atoms with Gasteiger partial charge in [-0.3, -0.25) is 9.88 Å². The van der Waals surface area contributed by atoms with Gasteiger partial charge in [0.15, 0.2) is 0 Å². The van der Waals surface area contributed by atoms with Crippen LogP contribution in [-0.2, 0) is 4.74 Å². The number of para-hydroxylation sites is 1. The molecule has 4 aromatic rings. The zero-order valence-corrected chi connectivity index (χ0v) is 21.4. The Kier molecular flexibility index (Phi) is 7.73. The summed E-state index contributed by atoms with van der Waals surface area (Å²) in [7, 11) is 1.68. The number of pyridine rings is 1. The van der Waals surface area contributed by atoms with Crippen molar-refractivity contribution >= 4 is 45.5 Å². The van der Waals surface area contributed by atoms with Crippen LogP contribution < -0.4 is 15.0 Å². The molecule has 3 aromatic carbocycles. The predicted octanol–water partition coefficient (Wildman–Crippen LogP) is 5.62. The van der Waals surface area contributed by atoms with E-state index < -0.39 is 0 Å². The van der Waals surface area contributed by atoms with E-state index >= 15 is 0 Å². The Morgan fingerprint density at radius 3 is 2.54 bits per heavy atom. The van der Waals surface area contributed by atoms with Gasteiger partial charge in [0.1, 0.15) is 12.4 Å². The summed E-state index contributed by atoms with van der Waals surface area (Å²) in [6.07, 6.45) is 1.72. The fraction of sp³-hybridized carbons (Fsp3) is 0.241. The molecule has 5 rings (SSSR count). The molecule has 37 heavy (non-hydrogen) atoms. The number of aromatic nitrogens is 1. The molecule has 1 aromatic heterocycles. The maximum Gasteiger partial charge on any atom is 0.340 e. The molecule has 7 nitrogen and oxygen atoms in total. The minimum Gasteiger partial charge on any atom is -0.497 e. The lowest BCUT2D eigenvalue weighted by Gasteiger charge is -2.36. The van der Waals surface area contributed by atoms with Crippen LogP contribution in [0.1, 0.15) is 10.4 Å². The van der Waals surface area contributed by atoms with E-state index in [1.165, 1.54) is 5.69 Å². The van der Waals surface area contributed by atoms with Gasteiger partial charge in [-0.25, -0.2) is 4.79 Å². The Morgan fingerprint density at radius 1 is 0.973 bits per heavy atom. The third kappa shape index (κ3) is 5.96. The minimum absolute atomic E-state index is 0.340. The molecule has 190 valence electrons. The number of benzene rings is 3. The molecular weight excluding hydrogens is 488 g/mol. The van der Waals surface area contributed by atoms with Crippen LogP contribution in [0.2, 0.25) is 5.02 Å². The van der Waals surface area contributed by atoms with Crippen LogP contribution in [0.25, 0.3) is 10.9 Å². The number of nitrogens with one attached hydrogen (secondary N) is 1. The zero-order chi connectivity index (χ0) is 25.6. The number of rotatable bonds is 8. The van der Waals surface area contributed by atoms with Crippen molar-refractivity contribution in [2.45, 2.75) is 0 Å². The van der Waals surface area contributed by atoms with E-state index in [-0.39, 0.29) is 5.97 Å². The maximum atomic E-state index is 13.0. The second-order valence-corrected chi connectivity index (χ2v) is 9.29. The van der Waals surface area contributed by atoms with Gasteiger partial charge in [-0.05, 0) is 60.7 Å². The van der Waals surface area contributed by atoms with Crippen molar-refractivity contribution in [2.24, 2.45) is 0 Å². The first-order chi connectivity index (χ1) is 18.1. The first-order valence-electron chi connectivity index (χ1n) is 12.3. The van der Waals surface area contributed by atoms with Gasteiger partial charge in [0, 0.05) is 60.7 Å². The first kappa shape index (κ1) is 24.9. The number of piperazine rings is 1. The standard InChI is InChI=1S/C29H29ClN4O3/c1-36-23-9-7-22(8-10-23)34-16-14-33(15-17-34)18-19-37-29(35)25-4-2-3-5-26(25)32-27-12-13-31-28-20-21(30)6-11-24(27)28/h2-13,20H,14-19H2,1H3,(H,31,32). The van der Waals surface area contributed by atoms with Crippen molar-refractivity contribution in [3.8, 4) is 5.75 Å². The van der Waals surface area contributed by atoms with Crippen molar-refractivity contribution < 1.29 is 14.3 Å². The summed E-state index contributed by atoms with van der Waals surface area (Å²) in [5.41, 5.74) is 4.00. The highest BCUT2D eigenvalue weighted by Gasteiger charge is 2.19. The average Bonchev–Trinajstić information content (AvgIpc) is 2.94. The number of hydrogen-bond donors (Lipinski definition) is 1. The number of methoxy groups -OCH3 is 1. The summed E-state index contributed by atoms with van der Waals surface area (Å²) in [6, 6.07) is 23.0. The molecule has 0 radical (unpaired) electrons. The van der Waals surface area contributed by atoms with Crippen LogP contribution in [0.4, 0.5) is 17.1 Å². The van der Waals surface area contributed by atoms with Gasteiger partial charge in [-0.15, -0.1) is 0 Å². The monoisotopic (exact) mass is 516 g/mol. The van der Waals surface area contributed by atoms with Crippen molar-refractivity contribution in [3.63, 3.8) is 0 Å². The number of carbonyl (C=O) groups excluding carboxylic acids is 1. The number of esters is 1. The smallest absolute Gasteiger partial charge is 0.340 e. The second kappa shape index (κ2) is 11.5. The van der Waals surface area contributed by atoms with Crippen LogP contribution in [0, 0.1) is 0 Å². The van der Waals surface area contributed by atoms with Crippen molar-refractivity contribution in [3.05, 3.63) is 89.6 Å².